The van der Waals surface area contributed by atoms with E-state index in [1.807, 2.05) is 27.2 Å². The van der Waals surface area contributed by atoms with Crippen LogP contribution in [0.25, 0.3) is 0 Å². The number of aliphatic hydroxyl groups excluding tert-OH is 1. The summed E-state index contributed by atoms with van der Waals surface area (Å²) in [5.74, 6) is -0.196. The highest BCUT2D eigenvalue weighted by Crippen LogP contribution is 2.43. The molecule has 0 aromatic carbocycles. The second kappa shape index (κ2) is 41.8. The number of phosphoric ester groups is 1. The number of carbonyl (C=O) groups excluding carboxylic acids is 1. The summed E-state index contributed by atoms with van der Waals surface area (Å²) in [7, 11) is 1.54. The lowest BCUT2D eigenvalue weighted by atomic mass is 10.0. The van der Waals surface area contributed by atoms with E-state index in [-0.39, 0.29) is 19.1 Å². The van der Waals surface area contributed by atoms with E-state index in [0.717, 1.165) is 44.9 Å². The molecule has 59 heavy (non-hydrogen) atoms. The van der Waals surface area contributed by atoms with Crippen LogP contribution in [0.15, 0.2) is 48.6 Å². The SMILES string of the molecule is CCCCCCC/C=C/CC/C=C/CC/C=C/C(O)C(COP(=O)(O)OCC[N+](C)(C)C)NC(=O)CCCCCCCCC/C=C\CCCCCCCCCCCCC. The molecule has 0 radical (unpaired) electrons. The Bertz CT molecular complexity index is 1100. The number of hydrogen-bond acceptors (Lipinski definition) is 5. The van der Waals surface area contributed by atoms with E-state index in [1.165, 1.54) is 148 Å². The van der Waals surface area contributed by atoms with Crippen molar-refractivity contribution in [1.29, 1.82) is 0 Å². The number of likely N-dealkylation sites (N-methyl/N-ethyl adjacent to an activating group) is 1. The molecule has 3 N–H and O–H groups in total. The molecule has 0 aliphatic carbocycles. The van der Waals surface area contributed by atoms with Gasteiger partial charge in [0.25, 0.3) is 0 Å². The van der Waals surface area contributed by atoms with Crippen LogP contribution >= 0.6 is 7.82 Å². The molecule has 0 spiro atoms. The van der Waals surface area contributed by atoms with Gasteiger partial charge in [0.05, 0.1) is 39.9 Å². The number of amides is 1. The van der Waals surface area contributed by atoms with E-state index in [1.54, 1.807) is 6.08 Å². The molecular weight excluding hydrogens is 756 g/mol. The fourth-order valence-corrected chi connectivity index (χ4v) is 7.57. The molecule has 0 aromatic heterocycles. The first kappa shape index (κ1) is 57.5. The van der Waals surface area contributed by atoms with Crippen molar-refractivity contribution in [1.82, 2.24) is 5.32 Å². The smallest absolute Gasteiger partial charge is 0.387 e. The van der Waals surface area contributed by atoms with Crippen molar-refractivity contribution in [2.75, 3.05) is 40.9 Å². The summed E-state index contributed by atoms with van der Waals surface area (Å²) in [5, 5.41) is 13.8. The maximum atomic E-state index is 12.9. The van der Waals surface area contributed by atoms with Gasteiger partial charge in [-0.05, 0) is 70.6 Å². The minimum absolute atomic E-state index is 0.0518. The minimum Gasteiger partial charge on any atom is -0.387 e. The zero-order valence-corrected chi connectivity index (χ0v) is 40.1. The highest BCUT2D eigenvalue weighted by molar-refractivity contribution is 7.47. The van der Waals surface area contributed by atoms with Gasteiger partial charge in [0.2, 0.25) is 5.91 Å². The monoisotopic (exact) mass is 852 g/mol. The van der Waals surface area contributed by atoms with Gasteiger partial charge in [0, 0.05) is 6.42 Å². The summed E-state index contributed by atoms with van der Waals surface area (Å²) in [6, 6.07) is -0.871. The first-order chi connectivity index (χ1) is 28.5. The average Bonchev–Trinajstić information content (AvgIpc) is 3.19. The van der Waals surface area contributed by atoms with E-state index in [2.05, 4.69) is 55.6 Å². The third kappa shape index (κ3) is 44.3. The van der Waals surface area contributed by atoms with Crippen LogP contribution in [0.1, 0.15) is 213 Å². The normalized spacial score (nSPS) is 14.6. The van der Waals surface area contributed by atoms with E-state index in [9.17, 15) is 19.4 Å². The summed E-state index contributed by atoms with van der Waals surface area (Å²) in [6.07, 6.45) is 53.3. The topological polar surface area (TPSA) is 105 Å². The molecule has 0 bridgehead atoms. The summed E-state index contributed by atoms with van der Waals surface area (Å²) in [4.78, 5) is 23.2. The van der Waals surface area contributed by atoms with Crippen LogP contribution in [0.3, 0.4) is 0 Å². The summed E-state index contributed by atoms with van der Waals surface area (Å²) in [5.41, 5.74) is 0. The van der Waals surface area contributed by atoms with Crippen LogP contribution in [0.2, 0.25) is 0 Å². The lowest BCUT2D eigenvalue weighted by Crippen LogP contribution is -2.45. The fraction of sp³-hybridized carbons (Fsp3) is 0.820. The molecule has 3 unspecified atom stereocenters. The van der Waals surface area contributed by atoms with Gasteiger partial charge >= 0.3 is 7.82 Å². The van der Waals surface area contributed by atoms with Crippen molar-refractivity contribution in [3.63, 3.8) is 0 Å². The highest BCUT2D eigenvalue weighted by atomic mass is 31.2. The van der Waals surface area contributed by atoms with E-state index in [0.29, 0.717) is 17.4 Å². The van der Waals surface area contributed by atoms with Gasteiger partial charge in [-0.3, -0.25) is 13.8 Å². The van der Waals surface area contributed by atoms with Crippen LogP contribution in [0.5, 0.6) is 0 Å². The van der Waals surface area contributed by atoms with Crippen molar-refractivity contribution in [3.05, 3.63) is 48.6 Å². The van der Waals surface area contributed by atoms with Gasteiger partial charge < -0.3 is 19.8 Å². The molecule has 346 valence electrons. The predicted octanol–water partition coefficient (Wildman–Crippen LogP) is 14.0. The highest BCUT2D eigenvalue weighted by Gasteiger charge is 2.27. The van der Waals surface area contributed by atoms with Crippen molar-refractivity contribution >= 4 is 13.7 Å². The molecule has 0 heterocycles. The molecule has 0 fully saturated rings. The van der Waals surface area contributed by atoms with Gasteiger partial charge in [-0.15, -0.1) is 0 Å². The second-order valence-corrected chi connectivity index (χ2v) is 19.3. The Morgan fingerprint density at radius 2 is 0.932 bits per heavy atom. The Morgan fingerprint density at radius 1 is 0.559 bits per heavy atom. The first-order valence-corrected chi connectivity index (χ1v) is 26.0. The number of aliphatic hydroxyl groups is 1. The molecule has 0 saturated carbocycles. The van der Waals surface area contributed by atoms with Crippen molar-refractivity contribution in [2.24, 2.45) is 0 Å². The van der Waals surface area contributed by atoms with E-state index in [4.69, 9.17) is 9.05 Å². The minimum atomic E-state index is -4.35. The Labute approximate surface area is 365 Å². The zero-order chi connectivity index (χ0) is 43.6. The Balaban J connectivity index is 4.37. The van der Waals surface area contributed by atoms with Gasteiger partial charge in [0.1, 0.15) is 13.2 Å². The van der Waals surface area contributed by atoms with Crippen molar-refractivity contribution in [3.8, 4) is 0 Å². The fourth-order valence-electron chi connectivity index (χ4n) is 6.83. The molecule has 3 atom stereocenters. The molecule has 9 heteroatoms. The standard InChI is InChI=1S/C50H95N2O6P/c1-6-8-10-12-14-16-18-20-22-23-24-25-26-27-28-30-32-34-36-38-40-42-44-50(54)51-48(47-58-59(55,56)57-46-45-52(3,4)5)49(53)43-41-39-37-35-33-31-29-21-19-17-15-13-11-9-7-2/h19,21,26-27,33,35,41,43,48-49,53H,6-18,20,22-25,28-32,34,36-40,42,44-47H2,1-5H3,(H-,51,54,55,56)/p+1/b21-19+,27-26-,35-33+,43-41+. The quantitative estimate of drug-likeness (QED) is 0.0244. The number of carbonyl (C=O) groups is 1. The van der Waals surface area contributed by atoms with Crippen LogP contribution in [-0.2, 0) is 18.4 Å². The summed E-state index contributed by atoms with van der Waals surface area (Å²) >= 11 is 0. The van der Waals surface area contributed by atoms with Crippen molar-refractivity contribution in [2.45, 2.75) is 225 Å². The predicted molar refractivity (Wildman–Crippen MR) is 254 cm³/mol. The number of hydrogen-bond donors (Lipinski definition) is 3. The van der Waals surface area contributed by atoms with Gasteiger partial charge in [-0.1, -0.05) is 184 Å². The van der Waals surface area contributed by atoms with Crippen LogP contribution in [-0.4, -0.2) is 73.4 Å². The Morgan fingerprint density at radius 3 is 1.36 bits per heavy atom. The number of nitrogens with zero attached hydrogens (tertiary/aromatic N) is 1. The maximum Gasteiger partial charge on any atom is 0.472 e. The van der Waals surface area contributed by atoms with Gasteiger partial charge in [0.15, 0.2) is 0 Å². The van der Waals surface area contributed by atoms with Gasteiger partial charge in [-0.25, -0.2) is 4.57 Å². The Hall–Kier alpha value is -1.54. The van der Waals surface area contributed by atoms with Crippen molar-refractivity contribution < 1.29 is 32.9 Å². The number of quaternary nitrogens is 1. The van der Waals surface area contributed by atoms with Gasteiger partial charge in [-0.2, -0.15) is 0 Å². The van der Waals surface area contributed by atoms with E-state index >= 15 is 0 Å². The molecule has 0 rings (SSSR count). The van der Waals surface area contributed by atoms with Crippen LogP contribution < -0.4 is 5.32 Å². The number of rotatable bonds is 44. The molecule has 0 aromatic rings. The molecule has 0 saturated heterocycles. The average molecular weight is 852 g/mol. The molecule has 1 amide bonds. The summed E-state index contributed by atoms with van der Waals surface area (Å²) in [6.45, 7) is 4.77. The lowest BCUT2D eigenvalue weighted by molar-refractivity contribution is -0.870. The molecular formula is C50H96N2O6P+. The van der Waals surface area contributed by atoms with Crippen LogP contribution in [0, 0.1) is 0 Å². The zero-order valence-electron chi connectivity index (χ0n) is 39.2. The first-order valence-electron chi connectivity index (χ1n) is 24.5. The summed E-state index contributed by atoms with van der Waals surface area (Å²) < 4.78 is 23.6. The third-order valence-electron chi connectivity index (χ3n) is 10.7. The molecule has 0 aliphatic rings. The largest absolute Gasteiger partial charge is 0.472 e. The maximum absolute atomic E-state index is 12.9. The van der Waals surface area contributed by atoms with Crippen LogP contribution in [0.4, 0.5) is 0 Å². The lowest BCUT2D eigenvalue weighted by Gasteiger charge is -2.25. The molecule has 8 nitrogen and oxygen atoms in total. The third-order valence-corrected chi connectivity index (χ3v) is 11.7. The number of unbranched alkanes of at least 4 members (excludes halogenated alkanes) is 25. The van der Waals surface area contributed by atoms with E-state index < -0.39 is 20.0 Å². The number of phosphoric acid groups is 1. The Kier molecular flexibility index (Phi) is 40.7. The second-order valence-electron chi connectivity index (χ2n) is 17.8. The number of nitrogens with one attached hydrogen (secondary N) is 1. The molecule has 0 aliphatic heterocycles. The number of allylic oxidation sites excluding steroid dienone is 7.